The molecule has 0 aliphatic heterocycles. The van der Waals surface area contributed by atoms with Gasteiger partial charge in [-0.15, -0.1) is 6.42 Å². The molecule has 3 amide bonds. The van der Waals surface area contributed by atoms with E-state index in [1.165, 1.54) is 6.08 Å². The number of carbonyl (C=O) groups is 2. The maximum absolute atomic E-state index is 11.6. The van der Waals surface area contributed by atoms with Crippen LogP contribution in [0.5, 0.6) is 11.5 Å². The van der Waals surface area contributed by atoms with Gasteiger partial charge in [0.25, 0.3) is 5.91 Å². The summed E-state index contributed by atoms with van der Waals surface area (Å²) in [6.07, 6.45) is 6.44. The van der Waals surface area contributed by atoms with Crippen molar-refractivity contribution in [1.29, 1.82) is 5.26 Å². The van der Waals surface area contributed by atoms with E-state index in [-0.39, 0.29) is 12.2 Å². The summed E-state index contributed by atoms with van der Waals surface area (Å²) < 4.78 is 10.8. The number of nitrogens with two attached hydrogens (primary N) is 1. The van der Waals surface area contributed by atoms with Crippen LogP contribution in [0, 0.1) is 23.7 Å². The van der Waals surface area contributed by atoms with E-state index in [0.717, 1.165) is 0 Å². The van der Waals surface area contributed by atoms with Crippen LogP contribution < -0.4 is 20.5 Å². The Balaban J connectivity index is 3.12. The van der Waals surface area contributed by atoms with Crippen LogP contribution in [0.25, 0.3) is 6.08 Å². The normalized spacial score (nSPS) is 10.1. The zero-order valence-corrected chi connectivity index (χ0v) is 12.5. The lowest BCUT2D eigenvalue weighted by Gasteiger charge is -2.11. The van der Waals surface area contributed by atoms with Gasteiger partial charge >= 0.3 is 6.03 Å². The summed E-state index contributed by atoms with van der Waals surface area (Å²) in [6, 6.07) is 5.47. The van der Waals surface area contributed by atoms with E-state index >= 15 is 0 Å². The van der Waals surface area contributed by atoms with Crippen LogP contribution in [0.2, 0.25) is 0 Å². The second-order valence-electron chi connectivity index (χ2n) is 4.12. The molecule has 23 heavy (non-hydrogen) atoms. The van der Waals surface area contributed by atoms with Crippen molar-refractivity contribution in [2.75, 3.05) is 13.2 Å². The molecule has 0 aliphatic carbocycles. The molecule has 0 heterocycles. The van der Waals surface area contributed by atoms with Crippen molar-refractivity contribution >= 4 is 18.0 Å². The molecule has 3 N–H and O–H groups in total. The summed E-state index contributed by atoms with van der Waals surface area (Å²) in [5, 5.41) is 10.8. The topological polar surface area (TPSA) is 114 Å². The number of nitriles is 1. The van der Waals surface area contributed by atoms with E-state index < -0.39 is 11.9 Å². The number of hydrogen-bond donors (Lipinski definition) is 2. The summed E-state index contributed by atoms with van der Waals surface area (Å²) in [5.74, 6) is 2.33. The molecule has 0 radical (unpaired) electrons. The molecule has 0 fully saturated rings. The molecule has 7 heteroatoms. The van der Waals surface area contributed by atoms with Crippen molar-refractivity contribution in [1.82, 2.24) is 5.32 Å². The van der Waals surface area contributed by atoms with Crippen LogP contribution in [-0.4, -0.2) is 25.2 Å². The number of urea groups is 1. The van der Waals surface area contributed by atoms with Gasteiger partial charge in [0.15, 0.2) is 11.5 Å². The number of carbonyl (C=O) groups excluding carboxylic acids is 2. The number of benzene rings is 1. The quantitative estimate of drug-likeness (QED) is 0.465. The van der Waals surface area contributed by atoms with E-state index in [1.807, 2.05) is 5.32 Å². The highest BCUT2D eigenvalue weighted by Gasteiger charge is 2.12. The number of imide groups is 1. The first kappa shape index (κ1) is 17.6. The number of amides is 3. The molecular weight excluding hydrogens is 298 g/mol. The van der Waals surface area contributed by atoms with Gasteiger partial charge in [-0.05, 0) is 30.7 Å². The third-order valence-corrected chi connectivity index (χ3v) is 2.49. The maximum atomic E-state index is 11.6. The standard InChI is InChI=1S/C16H15N3O4/c1-3-7-23-13-6-5-11(9-14(13)22-4-2)8-12(10-17)15(20)19-16(18)21/h1,5-6,8-9H,4,7H2,2H3,(H3,18,19,20,21)/b12-8-. The molecule has 0 aromatic heterocycles. The van der Waals surface area contributed by atoms with Crippen LogP contribution in [0.4, 0.5) is 4.79 Å². The summed E-state index contributed by atoms with van der Waals surface area (Å²) in [6.45, 7) is 2.28. The Morgan fingerprint density at radius 3 is 2.70 bits per heavy atom. The van der Waals surface area contributed by atoms with E-state index in [9.17, 15) is 9.59 Å². The Labute approximate surface area is 133 Å². The van der Waals surface area contributed by atoms with Gasteiger partial charge < -0.3 is 15.2 Å². The first-order chi connectivity index (χ1) is 11.0. The molecular formula is C16H15N3O4. The zero-order chi connectivity index (χ0) is 17.2. The highest BCUT2D eigenvalue weighted by Crippen LogP contribution is 2.29. The smallest absolute Gasteiger partial charge is 0.319 e. The predicted molar refractivity (Wildman–Crippen MR) is 83.3 cm³/mol. The highest BCUT2D eigenvalue weighted by atomic mass is 16.5. The summed E-state index contributed by atoms with van der Waals surface area (Å²) in [5.41, 5.74) is 5.09. The van der Waals surface area contributed by atoms with E-state index in [0.29, 0.717) is 23.7 Å². The van der Waals surface area contributed by atoms with Gasteiger partial charge in [0, 0.05) is 0 Å². The van der Waals surface area contributed by atoms with Gasteiger partial charge in [0.1, 0.15) is 18.2 Å². The third kappa shape index (κ3) is 5.44. The average Bonchev–Trinajstić information content (AvgIpc) is 2.51. The van der Waals surface area contributed by atoms with E-state index in [4.69, 9.17) is 26.9 Å². The summed E-state index contributed by atoms with van der Waals surface area (Å²) in [4.78, 5) is 22.3. The molecule has 1 rings (SSSR count). The minimum absolute atomic E-state index is 0.0831. The van der Waals surface area contributed by atoms with Gasteiger partial charge in [-0.3, -0.25) is 10.1 Å². The van der Waals surface area contributed by atoms with Crippen molar-refractivity contribution in [2.24, 2.45) is 5.73 Å². The minimum Gasteiger partial charge on any atom is -0.490 e. The Kier molecular flexibility index (Phi) is 6.70. The minimum atomic E-state index is -1.04. The molecule has 0 saturated carbocycles. The molecule has 0 atom stereocenters. The molecule has 0 saturated heterocycles. The van der Waals surface area contributed by atoms with Crippen LogP contribution in [-0.2, 0) is 4.79 Å². The molecule has 7 nitrogen and oxygen atoms in total. The number of nitrogens with zero attached hydrogens (tertiary/aromatic N) is 1. The SMILES string of the molecule is C#CCOc1ccc(/C=C(/C#N)C(=O)NC(N)=O)cc1OCC. The van der Waals surface area contributed by atoms with Crippen molar-refractivity contribution < 1.29 is 19.1 Å². The monoisotopic (exact) mass is 313 g/mol. The first-order valence-corrected chi connectivity index (χ1v) is 6.57. The van der Waals surface area contributed by atoms with Gasteiger partial charge in [0.05, 0.1) is 6.61 Å². The van der Waals surface area contributed by atoms with Crippen molar-refractivity contribution in [2.45, 2.75) is 6.92 Å². The Morgan fingerprint density at radius 1 is 1.39 bits per heavy atom. The van der Waals surface area contributed by atoms with Crippen molar-refractivity contribution in [3.63, 3.8) is 0 Å². The number of terminal acetylenes is 1. The highest BCUT2D eigenvalue weighted by molar-refractivity contribution is 6.08. The molecule has 118 valence electrons. The van der Waals surface area contributed by atoms with Crippen LogP contribution in [0.15, 0.2) is 23.8 Å². The van der Waals surface area contributed by atoms with Crippen LogP contribution in [0.3, 0.4) is 0 Å². The van der Waals surface area contributed by atoms with Crippen molar-refractivity contribution in [3.8, 4) is 29.9 Å². The second-order valence-corrected chi connectivity index (χ2v) is 4.12. The number of rotatable bonds is 6. The van der Waals surface area contributed by atoms with Crippen molar-refractivity contribution in [3.05, 3.63) is 29.3 Å². The molecule has 0 aliphatic rings. The fraction of sp³-hybridized carbons (Fsp3) is 0.188. The Morgan fingerprint density at radius 2 is 2.13 bits per heavy atom. The molecule has 0 spiro atoms. The maximum Gasteiger partial charge on any atom is 0.319 e. The average molecular weight is 313 g/mol. The largest absolute Gasteiger partial charge is 0.490 e. The Bertz CT molecular complexity index is 711. The second kappa shape index (κ2) is 8.75. The molecule has 1 aromatic carbocycles. The number of hydrogen-bond acceptors (Lipinski definition) is 5. The van der Waals surface area contributed by atoms with Gasteiger partial charge in [-0.2, -0.15) is 5.26 Å². The molecule has 1 aromatic rings. The number of primary amides is 1. The lowest BCUT2D eigenvalue weighted by atomic mass is 10.1. The molecule has 0 bridgehead atoms. The van der Waals surface area contributed by atoms with Gasteiger partial charge in [-0.1, -0.05) is 12.0 Å². The lowest BCUT2D eigenvalue weighted by Crippen LogP contribution is -2.35. The first-order valence-electron chi connectivity index (χ1n) is 6.57. The summed E-state index contributed by atoms with van der Waals surface area (Å²) >= 11 is 0. The van der Waals surface area contributed by atoms with Gasteiger partial charge in [0.2, 0.25) is 0 Å². The molecule has 0 unspecified atom stereocenters. The lowest BCUT2D eigenvalue weighted by molar-refractivity contribution is -0.115. The van der Waals surface area contributed by atoms with Crippen LogP contribution >= 0.6 is 0 Å². The fourth-order valence-corrected chi connectivity index (χ4v) is 1.62. The predicted octanol–water partition coefficient (Wildman–Crippen LogP) is 1.20. The van der Waals surface area contributed by atoms with E-state index in [1.54, 1.807) is 31.2 Å². The third-order valence-electron chi connectivity index (χ3n) is 2.49. The zero-order valence-electron chi connectivity index (χ0n) is 12.5. The van der Waals surface area contributed by atoms with E-state index in [2.05, 4.69) is 5.92 Å². The summed E-state index contributed by atoms with van der Waals surface area (Å²) in [7, 11) is 0. The Hall–Kier alpha value is -3.45. The number of nitrogens with one attached hydrogen (secondary N) is 1. The fourth-order valence-electron chi connectivity index (χ4n) is 1.62. The number of ether oxygens (including phenoxy) is 2. The van der Waals surface area contributed by atoms with Gasteiger partial charge in [-0.25, -0.2) is 4.79 Å². The van der Waals surface area contributed by atoms with Crippen LogP contribution in [0.1, 0.15) is 12.5 Å².